The highest BCUT2D eigenvalue weighted by Gasteiger charge is 2.30. The topological polar surface area (TPSA) is 34.1 Å². The molecule has 4 heteroatoms. The van der Waals surface area contributed by atoms with Crippen LogP contribution in [-0.2, 0) is 4.74 Å². The number of nitrogens with one attached hydrogen (secondary N) is 1. The number of aryl methyl sites for hydroxylation is 1. The molecule has 1 aliphatic rings. The predicted molar refractivity (Wildman–Crippen MR) is 57.6 cm³/mol. The molecule has 2 rings (SSSR count). The SMILES string of the molecule is CNCC1CCOC1c1nc(C)cs1. The Morgan fingerprint density at radius 2 is 2.57 bits per heavy atom. The lowest BCUT2D eigenvalue weighted by atomic mass is 10.0. The average molecular weight is 212 g/mol. The molecule has 14 heavy (non-hydrogen) atoms. The van der Waals surface area contributed by atoms with Gasteiger partial charge in [0.1, 0.15) is 11.1 Å². The zero-order chi connectivity index (χ0) is 9.97. The molecule has 1 fully saturated rings. The maximum absolute atomic E-state index is 5.73. The second kappa shape index (κ2) is 4.38. The zero-order valence-corrected chi connectivity index (χ0v) is 9.43. The number of hydrogen-bond acceptors (Lipinski definition) is 4. The van der Waals surface area contributed by atoms with E-state index in [1.54, 1.807) is 11.3 Å². The van der Waals surface area contributed by atoms with Gasteiger partial charge in [0.2, 0.25) is 0 Å². The number of rotatable bonds is 3. The number of thiazole rings is 1. The fourth-order valence-corrected chi connectivity index (χ4v) is 2.82. The maximum Gasteiger partial charge on any atom is 0.122 e. The van der Waals surface area contributed by atoms with Crippen molar-refractivity contribution in [3.63, 3.8) is 0 Å². The third kappa shape index (κ3) is 1.97. The Morgan fingerprint density at radius 1 is 1.71 bits per heavy atom. The molecule has 1 aliphatic heterocycles. The third-order valence-electron chi connectivity index (χ3n) is 2.56. The highest BCUT2D eigenvalue weighted by atomic mass is 32.1. The van der Waals surface area contributed by atoms with E-state index in [0.29, 0.717) is 5.92 Å². The molecule has 3 nitrogen and oxygen atoms in total. The van der Waals surface area contributed by atoms with Crippen LogP contribution in [0.2, 0.25) is 0 Å². The van der Waals surface area contributed by atoms with Crippen LogP contribution in [0.15, 0.2) is 5.38 Å². The van der Waals surface area contributed by atoms with Gasteiger partial charge in [0, 0.05) is 30.1 Å². The molecule has 0 aromatic carbocycles. The van der Waals surface area contributed by atoms with E-state index in [4.69, 9.17) is 4.74 Å². The van der Waals surface area contributed by atoms with Crippen LogP contribution in [0, 0.1) is 12.8 Å². The van der Waals surface area contributed by atoms with Gasteiger partial charge in [-0.05, 0) is 20.4 Å². The summed E-state index contributed by atoms with van der Waals surface area (Å²) in [6.07, 6.45) is 1.37. The standard InChI is InChI=1S/C10H16N2OS/c1-7-6-14-10(12-7)9-8(5-11-2)3-4-13-9/h6,8-9,11H,3-5H2,1-2H3. The van der Waals surface area contributed by atoms with Crippen LogP contribution in [0.4, 0.5) is 0 Å². The lowest BCUT2D eigenvalue weighted by Crippen LogP contribution is -2.21. The summed E-state index contributed by atoms with van der Waals surface area (Å²) in [6.45, 7) is 3.92. The van der Waals surface area contributed by atoms with Gasteiger partial charge in [-0.3, -0.25) is 0 Å². The lowest BCUT2D eigenvalue weighted by molar-refractivity contribution is 0.0906. The van der Waals surface area contributed by atoms with Crippen molar-refractivity contribution in [3.8, 4) is 0 Å². The number of aromatic nitrogens is 1. The highest BCUT2D eigenvalue weighted by Crippen LogP contribution is 2.35. The van der Waals surface area contributed by atoms with E-state index in [9.17, 15) is 0 Å². The molecule has 0 bridgehead atoms. The van der Waals surface area contributed by atoms with Crippen LogP contribution in [-0.4, -0.2) is 25.2 Å². The summed E-state index contributed by atoms with van der Waals surface area (Å²) in [5.74, 6) is 0.588. The lowest BCUT2D eigenvalue weighted by Gasteiger charge is -2.15. The summed E-state index contributed by atoms with van der Waals surface area (Å²) >= 11 is 1.71. The van der Waals surface area contributed by atoms with Crippen LogP contribution in [0.5, 0.6) is 0 Å². The Kier molecular flexibility index (Phi) is 3.15. The second-order valence-corrected chi connectivity index (χ2v) is 4.61. The minimum Gasteiger partial charge on any atom is -0.371 e. The van der Waals surface area contributed by atoms with E-state index in [1.165, 1.54) is 0 Å². The molecule has 78 valence electrons. The summed E-state index contributed by atoms with van der Waals surface area (Å²) in [5, 5.41) is 6.44. The normalized spacial score (nSPS) is 27.0. The quantitative estimate of drug-likeness (QED) is 0.829. The third-order valence-corrected chi connectivity index (χ3v) is 3.58. The Bertz CT molecular complexity index is 300. The number of hydrogen-bond donors (Lipinski definition) is 1. The van der Waals surface area contributed by atoms with Crippen molar-refractivity contribution in [1.29, 1.82) is 0 Å². The minimum absolute atomic E-state index is 0.223. The smallest absolute Gasteiger partial charge is 0.122 e. The van der Waals surface area contributed by atoms with Crippen LogP contribution >= 0.6 is 11.3 Å². The monoisotopic (exact) mass is 212 g/mol. The average Bonchev–Trinajstić information content (AvgIpc) is 2.74. The van der Waals surface area contributed by atoms with Gasteiger partial charge < -0.3 is 10.1 Å². The molecule has 1 aromatic rings. The first-order valence-electron chi connectivity index (χ1n) is 4.99. The van der Waals surface area contributed by atoms with Crippen molar-refractivity contribution in [2.45, 2.75) is 19.4 Å². The molecular formula is C10H16N2OS. The van der Waals surface area contributed by atoms with E-state index < -0.39 is 0 Å². The van der Waals surface area contributed by atoms with E-state index in [2.05, 4.69) is 15.7 Å². The van der Waals surface area contributed by atoms with Crippen LogP contribution in [0.25, 0.3) is 0 Å². The van der Waals surface area contributed by atoms with Gasteiger partial charge in [-0.25, -0.2) is 4.98 Å². The van der Waals surface area contributed by atoms with Crippen LogP contribution in [0.3, 0.4) is 0 Å². The summed E-state index contributed by atoms with van der Waals surface area (Å²) < 4.78 is 5.73. The Labute approximate surface area is 88.5 Å². The van der Waals surface area contributed by atoms with Crippen molar-refractivity contribution < 1.29 is 4.74 Å². The molecule has 1 saturated heterocycles. The fraction of sp³-hybridized carbons (Fsp3) is 0.700. The van der Waals surface area contributed by atoms with Crippen molar-refractivity contribution >= 4 is 11.3 Å². The summed E-state index contributed by atoms with van der Waals surface area (Å²) in [6, 6.07) is 0. The summed E-state index contributed by atoms with van der Waals surface area (Å²) in [7, 11) is 1.99. The van der Waals surface area contributed by atoms with Gasteiger partial charge in [-0.2, -0.15) is 0 Å². The predicted octanol–water partition coefficient (Wildman–Crippen LogP) is 1.75. The second-order valence-electron chi connectivity index (χ2n) is 3.72. The number of ether oxygens (including phenoxy) is 1. The van der Waals surface area contributed by atoms with E-state index in [0.717, 1.165) is 30.3 Å². The number of nitrogens with zero attached hydrogens (tertiary/aromatic N) is 1. The van der Waals surface area contributed by atoms with Crippen molar-refractivity contribution in [2.75, 3.05) is 20.2 Å². The molecule has 0 aliphatic carbocycles. The van der Waals surface area contributed by atoms with E-state index in [-0.39, 0.29) is 6.10 Å². The molecule has 1 aromatic heterocycles. The largest absolute Gasteiger partial charge is 0.371 e. The van der Waals surface area contributed by atoms with Crippen LogP contribution < -0.4 is 5.32 Å². The fourth-order valence-electron chi connectivity index (χ4n) is 1.88. The van der Waals surface area contributed by atoms with Crippen molar-refractivity contribution in [1.82, 2.24) is 10.3 Å². The first kappa shape index (κ1) is 10.1. The molecular weight excluding hydrogens is 196 g/mol. The molecule has 0 amide bonds. The van der Waals surface area contributed by atoms with Gasteiger partial charge in [0.05, 0.1) is 0 Å². The Hall–Kier alpha value is -0.450. The molecule has 1 N–H and O–H groups in total. The first-order valence-corrected chi connectivity index (χ1v) is 5.87. The Balaban J connectivity index is 2.09. The van der Waals surface area contributed by atoms with Crippen LogP contribution in [0.1, 0.15) is 23.2 Å². The van der Waals surface area contributed by atoms with Crippen molar-refractivity contribution in [2.24, 2.45) is 5.92 Å². The van der Waals surface area contributed by atoms with E-state index in [1.807, 2.05) is 14.0 Å². The molecule has 2 heterocycles. The van der Waals surface area contributed by atoms with Gasteiger partial charge in [-0.1, -0.05) is 0 Å². The molecule has 2 unspecified atom stereocenters. The minimum atomic E-state index is 0.223. The summed E-state index contributed by atoms with van der Waals surface area (Å²) in [4.78, 5) is 4.49. The van der Waals surface area contributed by atoms with Gasteiger partial charge >= 0.3 is 0 Å². The Morgan fingerprint density at radius 3 is 3.21 bits per heavy atom. The summed E-state index contributed by atoms with van der Waals surface area (Å²) in [5.41, 5.74) is 1.10. The van der Waals surface area contributed by atoms with Gasteiger partial charge in [0.25, 0.3) is 0 Å². The first-order chi connectivity index (χ1) is 6.81. The molecule has 0 spiro atoms. The van der Waals surface area contributed by atoms with Gasteiger partial charge in [0.15, 0.2) is 0 Å². The highest BCUT2D eigenvalue weighted by molar-refractivity contribution is 7.09. The van der Waals surface area contributed by atoms with Crippen molar-refractivity contribution in [3.05, 3.63) is 16.1 Å². The zero-order valence-electron chi connectivity index (χ0n) is 8.62. The van der Waals surface area contributed by atoms with E-state index >= 15 is 0 Å². The molecule has 0 saturated carbocycles. The molecule has 2 atom stereocenters. The molecule has 0 radical (unpaired) electrons. The maximum atomic E-state index is 5.73. The van der Waals surface area contributed by atoms with Gasteiger partial charge in [-0.15, -0.1) is 11.3 Å².